The highest BCUT2D eigenvalue weighted by Crippen LogP contribution is 2.25. The SMILES string of the molecule is C=C(C)[C@@H]1CC=C(C)C(=O)C1.CCc1occc(=O)c1O. The lowest BCUT2D eigenvalue weighted by atomic mass is 9.85. The summed E-state index contributed by atoms with van der Waals surface area (Å²) in [5, 5.41) is 8.99. The molecule has 0 radical (unpaired) electrons. The van der Waals surface area contributed by atoms with Crippen molar-refractivity contribution in [1.82, 2.24) is 0 Å². The molecular weight excluding hydrogens is 268 g/mol. The molecule has 4 nitrogen and oxygen atoms in total. The second-order valence-electron chi connectivity index (χ2n) is 5.20. The first-order chi connectivity index (χ1) is 9.86. The van der Waals surface area contributed by atoms with E-state index in [9.17, 15) is 9.59 Å². The van der Waals surface area contributed by atoms with Gasteiger partial charge in [-0.2, -0.15) is 0 Å². The molecule has 0 saturated carbocycles. The van der Waals surface area contributed by atoms with Crippen LogP contribution in [-0.2, 0) is 11.2 Å². The van der Waals surface area contributed by atoms with E-state index < -0.39 is 0 Å². The first-order valence-corrected chi connectivity index (χ1v) is 7.01. The highest BCUT2D eigenvalue weighted by atomic mass is 16.4. The Morgan fingerprint density at radius 1 is 1.48 bits per heavy atom. The summed E-state index contributed by atoms with van der Waals surface area (Å²) in [7, 11) is 0. The summed E-state index contributed by atoms with van der Waals surface area (Å²) >= 11 is 0. The van der Waals surface area contributed by atoms with Gasteiger partial charge >= 0.3 is 0 Å². The third-order valence-electron chi connectivity index (χ3n) is 3.53. The molecule has 21 heavy (non-hydrogen) atoms. The molecule has 1 heterocycles. The van der Waals surface area contributed by atoms with Crippen molar-refractivity contribution >= 4 is 5.78 Å². The summed E-state index contributed by atoms with van der Waals surface area (Å²) in [6.45, 7) is 9.54. The molecule has 0 aromatic carbocycles. The van der Waals surface area contributed by atoms with Crippen LogP contribution < -0.4 is 5.43 Å². The number of hydrogen-bond donors (Lipinski definition) is 1. The van der Waals surface area contributed by atoms with Crippen molar-refractivity contribution in [2.45, 2.75) is 40.0 Å². The van der Waals surface area contributed by atoms with Crippen molar-refractivity contribution in [3.63, 3.8) is 0 Å². The number of carbonyl (C=O) groups excluding carboxylic acids is 1. The number of ketones is 1. The van der Waals surface area contributed by atoms with E-state index in [1.165, 1.54) is 12.3 Å². The average molecular weight is 290 g/mol. The van der Waals surface area contributed by atoms with Crippen LogP contribution in [0, 0.1) is 5.92 Å². The lowest BCUT2D eigenvalue weighted by Gasteiger charge is -2.18. The maximum Gasteiger partial charge on any atom is 0.226 e. The van der Waals surface area contributed by atoms with Gasteiger partial charge in [0.1, 0.15) is 5.76 Å². The van der Waals surface area contributed by atoms with Crippen LogP contribution in [0.3, 0.4) is 0 Å². The van der Waals surface area contributed by atoms with Gasteiger partial charge in [-0.25, -0.2) is 0 Å². The Morgan fingerprint density at radius 2 is 2.14 bits per heavy atom. The van der Waals surface area contributed by atoms with Crippen molar-refractivity contribution in [2.24, 2.45) is 5.92 Å². The van der Waals surface area contributed by atoms with Gasteiger partial charge in [0, 0.05) is 18.9 Å². The Balaban J connectivity index is 0.000000211. The van der Waals surface area contributed by atoms with E-state index >= 15 is 0 Å². The second-order valence-corrected chi connectivity index (χ2v) is 5.20. The van der Waals surface area contributed by atoms with Gasteiger partial charge in [0.05, 0.1) is 6.26 Å². The summed E-state index contributed by atoms with van der Waals surface area (Å²) in [6.07, 6.45) is 5.48. The minimum atomic E-state index is -0.386. The summed E-state index contributed by atoms with van der Waals surface area (Å²) in [5.41, 5.74) is 1.66. The Kier molecular flexibility index (Phi) is 6.15. The third-order valence-corrected chi connectivity index (χ3v) is 3.53. The van der Waals surface area contributed by atoms with Crippen LogP contribution in [-0.4, -0.2) is 10.9 Å². The minimum Gasteiger partial charge on any atom is -0.502 e. The standard InChI is InChI=1S/C10H14O.C7H8O3/c1-7(2)9-5-4-8(3)10(11)6-9;1-2-6-7(9)5(8)3-4-10-6/h4,9H,1,5-6H2,2-3H3;3-4,9H,2H2,1H3/t9-;/m1./s1. The molecule has 0 saturated heterocycles. The molecule has 1 aromatic rings. The van der Waals surface area contributed by atoms with Crippen molar-refractivity contribution in [3.8, 4) is 5.75 Å². The number of allylic oxidation sites excluding steroid dienone is 3. The molecule has 0 fully saturated rings. The summed E-state index contributed by atoms with van der Waals surface area (Å²) in [4.78, 5) is 21.9. The van der Waals surface area contributed by atoms with Crippen LogP contribution in [0.4, 0.5) is 0 Å². The monoisotopic (exact) mass is 290 g/mol. The van der Waals surface area contributed by atoms with E-state index in [-0.39, 0.29) is 17.0 Å². The highest BCUT2D eigenvalue weighted by molar-refractivity contribution is 5.95. The lowest BCUT2D eigenvalue weighted by Crippen LogP contribution is -2.14. The fraction of sp³-hybridized carbons (Fsp3) is 0.412. The van der Waals surface area contributed by atoms with Crippen LogP contribution in [0.1, 0.15) is 39.4 Å². The van der Waals surface area contributed by atoms with E-state index in [1.54, 1.807) is 6.92 Å². The summed E-state index contributed by atoms with van der Waals surface area (Å²) in [5.74, 6) is 0.743. The summed E-state index contributed by atoms with van der Waals surface area (Å²) < 4.78 is 4.84. The predicted octanol–water partition coefficient (Wildman–Crippen LogP) is 3.40. The lowest BCUT2D eigenvalue weighted by molar-refractivity contribution is -0.116. The van der Waals surface area contributed by atoms with E-state index in [0.29, 0.717) is 24.5 Å². The van der Waals surface area contributed by atoms with Gasteiger partial charge in [-0.3, -0.25) is 9.59 Å². The molecule has 4 heteroatoms. The number of Topliss-reactive ketones (excluding diaryl/α,β-unsaturated/α-hetero) is 1. The van der Waals surface area contributed by atoms with Crippen molar-refractivity contribution in [3.05, 3.63) is 52.1 Å². The first kappa shape index (κ1) is 17.0. The highest BCUT2D eigenvalue weighted by Gasteiger charge is 2.19. The second kappa shape index (κ2) is 7.62. The molecule has 0 bridgehead atoms. The molecule has 2 rings (SSSR count). The molecule has 1 N–H and O–H groups in total. The maximum atomic E-state index is 11.2. The van der Waals surface area contributed by atoms with Crippen LogP contribution >= 0.6 is 0 Å². The third kappa shape index (κ3) is 4.74. The molecular formula is C17H22O4. The Labute approximate surface area is 124 Å². The molecule has 1 aromatic heterocycles. The van der Waals surface area contributed by atoms with Gasteiger partial charge < -0.3 is 9.52 Å². The fourth-order valence-corrected chi connectivity index (χ4v) is 1.98. The van der Waals surface area contributed by atoms with E-state index in [2.05, 4.69) is 6.58 Å². The van der Waals surface area contributed by atoms with Crippen LogP contribution in [0.25, 0.3) is 0 Å². The van der Waals surface area contributed by atoms with Crippen LogP contribution in [0.5, 0.6) is 5.75 Å². The van der Waals surface area contributed by atoms with Crippen molar-refractivity contribution in [2.75, 3.05) is 0 Å². The molecule has 0 aliphatic heterocycles. The predicted molar refractivity (Wildman–Crippen MR) is 82.3 cm³/mol. The normalized spacial score (nSPS) is 17.6. The fourth-order valence-electron chi connectivity index (χ4n) is 1.98. The van der Waals surface area contributed by atoms with Gasteiger partial charge in [0.15, 0.2) is 5.78 Å². The van der Waals surface area contributed by atoms with E-state index in [1.807, 2.05) is 19.9 Å². The molecule has 1 atom stereocenters. The number of aromatic hydroxyl groups is 1. The zero-order valence-corrected chi connectivity index (χ0v) is 12.8. The van der Waals surface area contributed by atoms with Gasteiger partial charge in [-0.05, 0) is 31.8 Å². The smallest absolute Gasteiger partial charge is 0.226 e. The molecule has 1 aliphatic rings. The zero-order chi connectivity index (χ0) is 16.0. The first-order valence-electron chi connectivity index (χ1n) is 7.01. The quantitative estimate of drug-likeness (QED) is 0.848. The van der Waals surface area contributed by atoms with Crippen molar-refractivity contribution in [1.29, 1.82) is 0 Å². The van der Waals surface area contributed by atoms with Gasteiger partial charge in [0.25, 0.3) is 0 Å². The maximum absolute atomic E-state index is 11.2. The number of rotatable bonds is 2. The van der Waals surface area contributed by atoms with Crippen molar-refractivity contribution < 1.29 is 14.3 Å². The number of carbonyl (C=O) groups is 1. The Morgan fingerprint density at radius 3 is 2.62 bits per heavy atom. The van der Waals surface area contributed by atoms with E-state index in [4.69, 9.17) is 9.52 Å². The largest absolute Gasteiger partial charge is 0.502 e. The van der Waals surface area contributed by atoms with Gasteiger partial charge in [-0.1, -0.05) is 25.2 Å². The summed E-state index contributed by atoms with van der Waals surface area (Å²) in [6, 6.07) is 1.19. The molecule has 114 valence electrons. The molecule has 1 aliphatic carbocycles. The Hall–Kier alpha value is -2.10. The number of aryl methyl sites for hydroxylation is 1. The topological polar surface area (TPSA) is 67.5 Å². The van der Waals surface area contributed by atoms with E-state index in [0.717, 1.165) is 17.6 Å². The van der Waals surface area contributed by atoms with Gasteiger partial charge in [-0.15, -0.1) is 0 Å². The minimum absolute atomic E-state index is 0.273. The van der Waals surface area contributed by atoms with Gasteiger partial charge in [0.2, 0.25) is 11.2 Å². The van der Waals surface area contributed by atoms with Crippen LogP contribution in [0.2, 0.25) is 0 Å². The Bertz CT molecular complexity index is 607. The average Bonchev–Trinajstić information content (AvgIpc) is 2.45. The molecule has 0 spiro atoms. The molecule has 0 unspecified atom stereocenters. The van der Waals surface area contributed by atoms with Crippen LogP contribution in [0.15, 0.2) is 45.3 Å². The molecule has 0 amide bonds. The number of hydrogen-bond acceptors (Lipinski definition) is 4. The zero-order valence-electron chi connectivity index (χ0n) is 12.8.